The van der Waals surface area contributed by atoms with Gasteiger partial charge in [0.1, 0.15) is 5.75 Å². The number of hydrogen-bond acceptors (Lipinski definition) is 3. The molecule has 3 heteroatoms. The van der Waals surface area contributed by atoms with Crippen LogP contribution in [0.15, 0.2) is 18.2 Å². The van der Waals surface area contributed by atoms with Crippen molar-refractivity contribution in [3.05, 3.63) is 29.3 Å². The summed E-state index contributed by atoms with van der Waals surface area (Å²) in [5.41, 5.74) is 1.94. The van der Waals surface area contributed by atoms with Gasteiger partial charge in [-0.1, -0.05) is 12.8 Å². The predicted octanol–water partition coefficient (Wildman–Crippen LogP) is 4.71. The van der Waals surface area contributed by atoms with Gasteiger partial charge in [-0.3, -0.25) is 4.79 Å². The highest BCUT2D eigenvalue weighted by Crippen LogP contribution is 2.31. The molecule has 1 aromatic rings. The van der Waals surface area contributed by atoms with E-state index in [0.29, 0.717) is 6.61 Å². The normalized spacial score (nSPS) is 15.5. The molecule has 0 heterocycles. The van der Waals surface area contributed by atoms with Crippen LogP contribution in [0, 0.1) is 5.92 Å². The zero-order valence-corrected chi connectivity index (χ0v) is 13.3. The standard InChI is InChI=1S/C17H24O2S/c1-3-19-17-9-8-15(13(2)18)10-16(17)12-20-11-14-6-4-5-7-14/h8-10,14H,3-7,11-12H2,1-2H3. The van der Waals surface area contributed by atoms with E-state index < -0.39 is 0 Å². The Bertz CT molecular complexity index is 450. The van der Waals surface area contributed by atoms with Gasteiger partial charge in [-0.25, -0.2) is 0 Å². The van der Waals surface area contributed by atoms with Crippen LogP contribution in [0.4, 0.5) is 0 Å². The van der Waals surface area contributed by atoms with Crippen molar-refractivity contribution in [3.8, 4) is 5.75 Å². The largest absolute Gasteiger partial charge is 0.494 e. The van der Waals surface area contributed by atoms with E-state index in [0.717, 1.165) is 28.5 Å². The minimum absolute atomic E-state index is 0.120. The van der Waals surface area contributed by atoms with E-state index in [4.69, 9.17) is 4.74 Å². The van der Waals surface area contributed by atoms with Crippen molar-refractivity contribution >= 4 is 17.5 Å². The SMILES string of the molecule is CCOc1ccc(C(C)=O)cc1CSCC1CCCC1. The Morgan fingerprint density at radius 1 is 1.35 bits per heavy atom. The molecule has 1 fully saturated rings. The number of Topliss-reactive ketones (excluding diaryl/α,β-unsaturated/α-hetero) is 1. The molecule has 1 saturated carbocycles. The summed E-state index contributed by atoms with van der Waals surface area (Å²) in [5, 5.41) is 0. The van der Waals surface area contributed by atoms with E-state index >= 15 is 0 Å². The maximum Gasteiger partial charge on any atom is 0.159 e. The summed E-state index contributed by atoms with van der Waals surface area (Å²) in [6.07, 6.45) is 5.57. The molecule has 0 N–H and O–H groups in total. The van der Waals surface area contributed by atoms with Crippen molar-refractivity contribution in [1.82, 2.24) is 0 Å². The van der Waals surface area contributed by atoms with E-state index in [2.05, 4.69) is 0 Å². The third kappa shape index (κ3) is 4.27. The highest BCUT2D eigenvalue weighted by molar-refractivity contribution is 7.98. The molecule has 20 heavy (non-hydrogen) atoms. The third-order valence-corrected chi connectivity index (χ3v) is 5.07. The fourth-order valence-corrected chi connectivity index (χ4v) is 3.95. The van der Waals surface area contributed by atoms with E-state index in [9.17, 15) is 4.79 Å². The predicted molar refractivity (Wildman–Crippen MR) is 85.7 cm³/mol. The minimum atomic E-state index is 0.120. The van der Waals surface area contributed by atoms with Crippen molar-refractivity contribution in [2.45, 2.75) is 45.3 Å². The van der Waals surface area contributed by atoms with Crippen LogP contribution in [0.25, 0.3) is 0 Å². The van der Waals surface area contributed by atoms with Gasteiger partial charge in [0.25, 0.3) is 0 Å². The summed E-state index contributed by atoms with van der Waals surface area (Å²) < 4.78 is 5.67. The number of hydrogen-bond donors (Lipinski definition) is 0. The van der Waals surface area contributed by atoms with Crippen molar-refractivity contribution in [2.24, 2.45) is 5.92 Å². The molecule has 0 saturated heterocycles. The Morgan fingerprint density at radius 3 is 2.75 bits per heavy atom. The molecule has 2 rings (SSSR count). The third-order valence-electron chi connectivity index (χ3n) is 3.85. The molecular weight excluding hydrogens is 268 g/mol. The van der Waals surface area contributed by atoms with Gasteiger partial charge in [-0.2, -0.15) is 11.8 Å². The second kappa shape index (κ2) is 7.72. The first kappa shape index (κ1) is 15.4. The topological polar surface area (TPSA) is 26.3 Å². The van der Waals surface area contributed by atoms with E-state index in [1.54, 1.807) is 6.92 Å². The lowest BCUT2D eigenvalue weighted by Crippen LogP contribution is -2.01. The molecule has 0 radical (unpaired) electrons. The number of ether oxygens (including phenoxy) is 1. The Hall–Kier alpha value is -0.960. The van der Waals surface area contributed by atoms with Crippen LogP contribution in [0.3, 0.4) is 0 Å². The van der Waals surface area contributed by atoms with Crippen LogP contribution in [0.2, 0.25) is 0 Å². The van der Waals surface area contributed by atoms with Crippen LogP contribution in [-0.2, 0) is 5.75 Å². The molecule has 0 atom stereocenters. The molecule has 110 valence electrons. The fraction of sp³-hybridized carbons (Fsp3) is 0.588. The van der Waals surface area contributed by atoms with Crippen LogP contribution in [-0.4, -0.2) is 18.1 Å². The maximum absolute atomic E-state index is 11.5. The number of benzene rings is 1. The van der Waals surface area contributed by atoms with E-state index in [1.165, 1.54) is 31.4 Å². The van der Waals surface area contributed by atoms with Gasteiger partial charge >= 0.3 is 0 Å². The quantitative estimate of drug-likeness (QED) is 0.681. The molecule has 0 aromatic heterocycles. The number of carbonyl (C=O) groups excluding carboxylic acids is 1. The monoisotopic (exact) mass is 292 g/mol. The van der Waals surface area contributed by atoms with Crippen molar-refractivity contribution in [3.63, 3.8) is 0 Å². The highest BCUT2D eigenvalue weighted by atomic mass is 32.2. The molecule has 0 bridgehead atoms. The Morgan fingerprint density at radius 2 is 2.10 bits per heavy atom. The average molecular weight is 292 g/mol. The fourth-order valence-electron chi connectivity index (χ4n) is 2.72. The highest BCUT2D eigenvalue weighted by Gasteiger charge is 2.15. The van der Waals surface area contributed by atoms with Crippen LogP contribution in [0.1, 0.15) is 55.5 Å². The first-order chi connectivity index (χ1) is 9.70. The van der Waals surface area contributed by atoms with Gasteiger partial charge in [0.05, 0.1) is 6.61 Å². The summed E-state index contributed by atoms with van der Waals surface area (Å²) in [6, 6.07) is 5.79. The van der Waals surface area contributed by atoms with Gasteiger partial charge in [-0.15, -0.1) is 0 Å². The lowest BCUT2D eigenvalue weighted by atomic mass is 10.1. The van der Waals surface area contributed by atoms with Gasteiger partial charge in [-0.05, 0) is 56.6 Å². The molecule has 0 unspecified atom stereocenters. The molecule has 1 aliphatic carbocycles. The molecule has 0 aliphatic heterocycles. The summed E-state index contributed by atoms with van der Waals surface area (Å²) in [7, 11) is 0. The van der Waals surface area contributed by atoms with Gasteiger partial charge in [0, 0.05) is 16.9 Å². The lowest BCUT2D eigenvalue weighted by Gasteiger charge is -2.13. The Labute approximate surface area is 126 Å². The summed E-state index contributed by atoms with van der Waals surface area (Å²) in [6.45, 7) is 4.28. The van der Waals surface area contributed by atoms with Crippen LogP contribution >= 0.6 is 11.8 Å². The average Bonchev–Trinajstić information content (AvgIpc) is 2.93. The van der Waals surface area contributed by atoms with E-state index in [1.807, 2.05) is 36.9 Å². The molecule has 2 nitrogen and oxygen atoms in total. The van der Waals surface area contributed by atoms with Gasteiger partial charge in [0.15, 0.2) is 5.78 Å². The molecule has 0 spiro atoms. The second-order valence-corrected chi connectivity index (χ2v) is 6.51. The van der Waals surface area contributed by atoms with Crippen molar-refractivity contribution < 1.29 is 9.53 Å². The zero-order chi connectivity index (χ0) is 14.4. The number of ketones is 1. The summed E-state index contributed by atoms with van der Waals surface area (Å²) >= 11 is 1.97. The Balaban J connectivity index is 1.98. The second-order valence-electron chi connectivity index (χ2n) is 5.48. The number of carbonyl (C=O) groups is 1. The van der Waals surface area contributed by atoms with Crippen LogP contribution < -0.4 is 4.74 Å². The van der Waals surface area contributed by atoms with Gasteiger partial charge < -0.3 is 4.74 Å². The summed E-state index contributed by atoms with van der Waals surface area (Å²) in [5.74, 6) is 4.11. The number of thioether (sulfide) groups is 1. The molecule has 0 amide bonds. The smallest absolute Gasteiger partial charge is 0.159 e. The Kier molecular flexibility index (Phi) is 5.96. The van der Waals surface area contributed by atoms with Crippen LogP contribution in [0.5, 0.6) is 5.75 Å². The zero-order valence-electron chi connectivity index (χ0n) is 12.5. The minimum Gasteiger partial charge on any atom is -0.494 e. The van der Waals surface area contributed by atoms with E-state index in [-0.39, 0.29) is 5.78 Å². The van der Waals surface area contributed by atoms with Crippen molar-refractivity contribution in [1.29, 1.82) is 0 Å². The lowest BCUT2D eigenvalue weighted by molar-refractivity contribution is 0.101. The first-order valence-electron chi connectivity index (χ1n) is 7.55. The summed E-state index contributed by atoms with van der Waals surface area (Å²) in [4.78, 5) is 11.5. The number of rotatable bonds is 7. The maximum atomic E-state index is 11.5. The van der Waals surface area contributed by atoms with Gasteiger partial charge in [0.2, 0.25) is 0 Å². The molecule has 1 aliphatic rings. The molecule has 1 aromatic carbocycles. The first-order valence-corrected chi connectivity index (χ1v) is 8.70. The van der Waals surface area contributed by atoms with Crippen molar-refractivity contribution in [2.75, 3.05) is 12.4 Å². The molecular formula is C17H24O2S.